The number of anilines is 2. The Balaban J connectivity index is 2.33. The number of rotatable bonds is 3. The van der Waals surface area contributed by atoms with Gasteiger partial charge in [0.2, 0.25) is 0 Å². The fraction of sp³-hybridized carbons (Fsp3) is 0.133. The molecule has 23 heavy (non-hydrogen) atoms. The third-order valence-corrected chi connectivity index (χ3v) is 4.01. The van der Waals surface area contributed by atoms with Gasteiger partial charge in [-0.25, -0.2) is 0 Å². The van der Waals surface area contributed by atoms with Crippen molar-refractivity contribution in [1.29, 1.82) is 0 Å². The third kappa shape index (κ3) is 2.40. The fourth-order valence-electron chi connectivity index (χ4n) is 2.56. The molecule has 0 bridgehead atoms. The standard InChI is InChI=1S/C15H13BrN4O3/c1-2-18-9-4-3-7(16)5-10(9)20-11(21)6-8-12(13(20)17)15(23)19-14(8)22/h3-6,18H,2,17H2,1H3,(H,19,22,23). The molecule has 1 aliphatic rings. The highest BCUT2D eigenvalue weighted by molar-refractivity contribution is 9.10. The summed E-state index contributed by atoms with van der Waals surface area (Å²) in [5.41, 5.74) is 6.78. The van der Waals surface area contributed by atoms with Gasteiger partial charge in [0.05, 0.1) is 22.5 Å². The van der Waals surface area contributed by atoms with Crippen LogP contribution in [0.5, 0.6) is 0 Å². The third-order valence-electron chi connectivity index (χ3n) is 3.52. The van der Waals surface area contributed by atoms with E-state index in [1.54, 1.807) is 12.1 Å². The lowest BCUT2D eigenvalue weighted by Gasteiger charge is -2.16. The smallest absolute Gasteiger partial charge is 0.262 e. The Hall–Kier alpha value is -2.61. The molecule has 0 spiro atoms. The number of aromatic nitrogens is 1. The normalized spacial score (nSPS) is 13.0. The number of hydrogen-bond donors (Lipinski definition) is 3. The van der Waals surface area contributed by atoms with Crippen LogP contribution in [0.25, 0.3) is 5.69 Å². The first-order valence-electron chi connectivity index (χ1n) is 6.89. The molecule has 3 rings (SSSR count). The maximum absolute atomic E-state index is 12.5. The number of carbonyl (C=O) groups excluding carboxylic acids is 2. The number of nitrogen functional groups attached to an aromatic ring is 1. The molecule has 8 heteroatoms. The highest BCUT2D eigenvalue weighted by Gasteiger charge is 2.32. The van der Waals surface area contributed by atoms with E-state index in [9.17, 15) is 14.4 Å². The van der Waals surface area contributed by atoms with Gasteiger partial charge in [0.15, 0.2) is 0 Å². The first kappa shape index (κ1) is 15.3. The lowest BCUT2D eigenvalue weighted by molar-refractivity contribution is 0.0880. The lowest BCUT2D eigenvalue weighted by Crippen LogP contribution is -2.25. The van der Waals surface area contributed by atoms with Crippen LogP contribution in [0.3, 0.4) is 0 Å². The Morgan fingerprint density at radius 2 is 1.96 bits per heavy atom. The van der Waals surface area contributed by atoms with Crippen LogP contribution in [0, 0.1) is 0 Å². The number of nitrogens with zero attached hydrogens (tertiary/aromatic N) is 1. The average Bonchev–Trinajstić information content (AvgIpc) is 2.76. The summed E-state index contributed by atoms with van der Waals surface area (Å²) in [6, 6.07) is 6.47. The van der Waals surface area contributed by atoms with Crippen molar-refractivity contribution in [2.45, 2.75) is 6.92 Å². The Morgan fingerprint density at radius 1 is 1.22 bits per heavy atom. The topological polar surface area (TPSA) is 106 Å². The summed E-state index contributed by atoms with van der Waals surface area (Å²) in [6.45, 7) is 2.57. The minimum atomic E-state index is -0.609. The summed E-state index contributed by atoms with van der Waals surface area (Å²) in [4.78, 5) is 36.1. The van der Waals surface area contributed by atoms with Gasteiger partial charge in [-0.1, -0.05) is 15.9 Å². The van der Waals surface area contributed by atoms with Crippen molar-refractivity contribution in [3.05, 3.63) is 50.2 Å². The molecule has 0 unspecified atom stereocenters. The molecule has 0 atom stereocenters. The second-order valence-corrected chi connectivity index (χ2v) is 5.88. The predicted molar refractivity (Wildman–Crippen MR) is 90.1 cm³/mol. The van der Waals surface area contributed by atoms with Crippen LogP contribution >= 0.6 is 15.9 Å². The number of nitrogens with one attached hydrogen (secondary N) is 2. The number of halogens is 1. The number of benzene rings is 1. The molecule has 1 aromatic heterocycles. The molecule has 4 N–H and O–H groups in total. The van der Waals surface area contributed by atoms with Gasteiger partial charge < -0.3 is 11.1 Å². The summed E-state index contributed by atoms with van der Waals surface area (Å²) < 4.78 is 1.97. The van der Waals surface area contributed by atoms with Crippen molar-refractivity contribution < 1.29 is 9.59 Å². The highest BCUT2D eigenvalue weighted by Crippen LogP contribution is 2.28. The van der Waals surface area contributed by atoms with E-state index >= 15 is 0 Å². The van der Waals surface area contributed by atoms with Crippen LogP contribution in [0.4, 0.5) is 11.5 Å². The Morgan fingerprint density at radius 3 is 2.65 bits per heavy atom. The summed E-state index contributed by atoms with van der Waals surface area (Å²) >= 11 is 3.36. The van der Waals surface area contributed by atoms with Crippen molar-refractivity contribution in [1.82, 2.24) is 9.88 Å². The Labute approximate surface area is 139 Å². The van der Waals surface area contributed by atoms with Gasteiger partial charge in [-0.3, -0.25) is 24.3 Å². The van der Waals surface area contributed by atoms with E-state index in [1.807, 2.05) is 13.0 Å². The largest absolute Gasteiger partial charge is 0.384 e. The molecule has 1 aliphatic heterocycles. The molecule has 0 radical (unpaired) electrons. The summed E-state index contributed by atoms with van der Waals surface area (Å²) in [6.07, 6.45) is 0. The van der Waals surface area contributed by atoms with E-state index in [0.29, 0.717) is 17.9 Å². The van der Waals surface area contributed by atoms with Gasteiger partial charge in [-0.05, 0) is 25.1 Å². The molecule has 1 aromatic carbocycles. The molecule has 0 aliphatic carbocycles. The number of imide groups is 1. The van der Waals surface area contributed by atoms with Gasteiger partial charge in [0, 0.05) is 17.1 Å². The molecule has 2 heterocycles. The SMILES string of the molecule is CCNc1ccc(Br)cc1-n1c(N)c2c(cc1=O)C(=O)NC2=O. The van der Waals surface area contributed by atoms with Gasteiger partial charge in [0.25, 0.3) is 17.4 Å². The maximum Gasteiger partial charge on any atom is 0.262 e. The second kappa shape index (κ2) is 5.54. The first-order valence-corrected chi connectivity index (χ1v) is 7.68. The van der Waals surface area contributed by atoms with E-state index in [4.69, 9.17) is 5.73 Å². The van der Waals surface area contributed by atoms with Crippen molar-refractivity contribution in [3.8, 4) is 5.69 Å². The van der Waals surface area contributed by atoms with Crippen LogP contribution in [0.2, 0.25) is 0 Å². The van der Waals surface area contributed by atoms with Gasteiger partial charge in [0.1, 0.15) is 5.82 Å². The monoisotopic (exact) mass is 376 g/mol. The van der Waals surface area contributed by atoms with Gasteiger partial charge >= 0.3 is 0 Å². The number of hydrogen-bond acceptors (Lipinski definition) is 5. The van der Waals surface area contributed by atoms with E-state index < -0.39 is 17.4 Å². The summed E-state index contributed by atoms with van der Waals surface area (Å²) in [5.74, 6) is -1.27. The molecule has 118 valence electrons. The number of fused-ring (bicyclic) bond motifs is 1. The van der Waals surface area contributed by atoms with Gasteiger partial charge in [-0.2, -0.15) is 0 Å². The minimum absolute atomic E-state index is 0.00810. The van der Waals surface area contributed by atoms with E-state index in [2.05, 4.69) is 26.6 Å². The molecule has 2 aromatic rings. The Kier molecular flexibility index (Phi) is 3.69. The molecule has 7 nitrogen and oxygen atoms in total. The van der Waals surface area contributed by atoms with Crippen LogP contribution in [-0.4, -0.2) is 22.9 Å². The van der Waals surface area contributed by atoms with Gasteiger partial charge in [-0.15, -0.1) is 0 Å². The van der Waals surface area contributed by atoms with E-state index in [-0.39, 0.29) is 16.9 Å². The van der Waals surface area contributed by atoms with Crippen molar-refractivity contribution in [2.75, 3.05) is 17.6 Å². The summed E-state index contributed by atoms with van der Waals surface area (Å²) in [7, 11) is 0. The lowest BCUT2D eigenvalue weighted by atomic mass is 10.1. The fourth-order valence-corrected chi connectivity index (χ4v) is 2.91. The van der Waals surface area contributed by atoms with Crippen molar-refractivity contribution in [3.63, 3.8) is 0 Å². The number of amides is 2. The zero-order chi connectivity index (χ0) is 16.7. The second-order valence-electron chi connectivity index (χ2n) is 4.97. The zero-order valence-electron chi connectivity index (χ0n) is 12.1. The minimum Gasteiger partial charge on any atom is -0.384 e. The molecule has 0 fully saturated rings. The quantitative estimate of drug-likeness (QED) is 0.703. The molecular weight excluding hydrogens is 364 g/mol. The predicted octanol–water partition coefficient (Wildman–Crippen LogP) is 1.50. The number of pyridine rings is 1. The molecule has 0 saturated heterocycles. The van der Waals surface area contributed by atoms with E-state index in [1.165, 1.54) is 4.57 Å². The zero-order valence-corrected chi connectivity index (χ0v) is 13.7. The van der Waals surface area contributed by atoms with Crippen LogP contribution in [0.1, 0.15) is 27.6 Å². The van der Waals surface area contributed by atoms with E-state index in [0.717, 1.165) is 10.5 Å². The first-order chi connectivity index (χ1) is 10.9. The van der Waals surface area contributed by atoms with Crippen molar-refractivity contribution >= 4 is 39.2 Å². The maximum atomic E-state index is 12.5. The molecule has 2 amide bonds. The molecule has 0 saturated carbocycles. The molecular formula is C15H13BrN4O3. The number of nitrogens with two attached hydrogens (primary N) is 1. The Bertz CT molecular complexity index is 904. The van der Waals surface area contributed by atoms with Crippen LogP contribution in [0.15, 0.2) is 33.5 Å². The summed E-state index contributed by atoms with van der Waals surface area (Å²) in [5, 5.41) is 5.29. The average molecular weight is 377 g/mol. The van der Waals surface area contributed by atoms with Crippen LogP contribution < -0.4 is 21.9 Å². The van der Waals surface area contributed by atoms with Crippen LogP contribution in [-0.2, 0) is 0 Å². The van der Waals surface area contributed by atoms with Crippen molar-refractivity contribution in [2.24, 2.45) is 0 Å². The highest BCUT2D eigenvalue weighted by atomic mass is 79.9. The number of carbonyl (C=O) groups is 2.